The van der Waals surface area contributed by atoms with Crippen LogP contribution >= 0.6 is 12.2 Å². The molecule has 1 amide bonds. The lowest BCUT2D eigenvalue weighted by atomic mass is 10.2. The molecule has 2 rings (SSSR count). The van der Waals surface area contributed by atoms with Crippen LogP contribution in [0.5, 0.6) is 5.75 Å². The van der Waals surface area contributed by atoms with E-state index in [1.54, 1.807) is 30.3 Å². The van der Waals surface area contributed by atoms with Crippen LogP contribution in [-0.4, -0.2) is 17.6 Å². The Labute approximate surface area is 139 Å². The third-order valence-corrected chi connectivity index (χ3v) is 3.13. The second kappa shape index (κ2) is 8.24. The number of ether oxygens (including phenoxy) is 1. The van der Waals surface area contributed by atoms with Gasteiger partial charge in [0.25, 0.3) is 5.91 Å². The van der Waals surface area contributed by atoms with E-state index in [0.29, 0.717) is 12.3 Å². The number of benzene rings is 2. The fourth-order valence-electron chi connectivity index (χ4n) is 1.83. The van der Waals surface area contributed by atoms with Gasteiger partial charge in [-0.3, -0.25) is 10.1 Å². The minimum absolute atomic E-state index is 0.0556. The Balaban J connectivity index is 1.92. The number of halogens is 1. The number of carbonyl (C=O) groups is 1. The Morgan fingerprint density at radius 1 is 1.17 bits per heavy atom. The van der Waals surface area contributed by atoms with Crippen LogP contribution in [0.2, 0.25) is 0 Å². The molecule has 0 aliphatic carbocycles. The van der Waals surface area contributed by atoms with E-state index in [1.807, 2.05) is 6.92 Å². The maximum absolute atomic E-state index is 13.5. The van der Waals surface area contributed by atoms with E-state index in [4.69, 9.17) is 17.0 Å². The average Bonchev–Trinajstić information content (AvgIpc) is 2.54. The molecule has 0 aliphatic heterocycles. The number of hydrogen-bond donors (Lipinski definition) is 2. The largest absolute Gasteiger partial charge is 0.494 e. The summed E-state index contributed by atoms with van der Waals surface area (Å²) in [4.78, 5) is 11.9. The highest BCUT2D eigenvalue weighted by Crippen LogP contribution is 2.16. The third-order valence-electron chi connectivity index (χ3n) is 2.93. The van der Waals surface area contributed by atoms with E-state index in [9.17, 15) is 9.18 Å². The van der Waals surface area contributed by atoms with Crippen LogP contribution < -0.4 is 15.4 Å². The van der Waals surface area contributed by atoms with Gasteiger partial charge in [-0.25, -0.2) is 4.39 Å². The van der Waals surface area contributed by atoms with E-state index in [0.717, 1.165) is 12.2 Å². The SMILES string of the molecule is CCCOc1ccc(NC(=S)NC(=O)c2ccccc2F)cc1. The summed E-state index contributed by atoms with van der Waals surface area (Å²) in [5, 5.41) is 5.41. The standard InChI is InChI=1S/C17H17FN2O2S/c1-2-11-22-13-9-7-12(8-10-13)19-17(23)20-16(21)14-5-3-4-6-15(14)18/h3-10H,2,11H2,1H3,(H2,19,20,21,23). The van der Waals surface area contributed by atoms with Gasteiger partial charge in [-0.2, -0.15) is 0 Å². The highest BCUT2D eigenvalue weighted by atomic mass is 32.1. The summed E-state index contributed by atoms with van der Waals surface area (Å²) in [5.41, 5.74) is 0.646. The van der Waals surface area contributed by atoms with Crippen LogP contribution in [0.25, 0.3) is 0 Å². The summed E-state index contributed by atoms with van der Waals surface area (Å²) in [5.74, 6) is -0.424. The molecule has 0 atom stereocenters. The molecule has 2 aromatic carbocycles. The average molecular weight is 332 g/mol. The smallest absolute Gasteiger partial charge is 0.260 e. The molecule has 0 aliphatic rings. The fourth-order valence-corrected chi connectivity index (χ4v) is 2.04. The number of amides is 1. The van der Waals surface area contributed by atoms with Gasteiger partial charge in [0, 0.05) is 5.69 Å². The van der Waals surface area contributed by atoms with Crippen molar-refractivity contribution in [3.63, 3.8) is 0 Å². The maximum atomic E-state index is 13.5. The molecule has 2 N–H and O–H groups in total. The van der Waals surface area contributed by atoms with Crippen molar-refractivity contribution in [3.8, 4) is 5.75 Å². The van der Waals surface area contributed by atoms with Crippen molar-refractivity contribution in [3.05, 3.63) is 59.9 Å². The monoisotopic (exact) mass is 332 g/mol. The second-order valence-electron chi connectivity index (χ2n) is 4.76. The topological polar surface area (TPSA) is 50.4 Å². The van der Waals surface area contributed by atoms with Crippen molar-refractivity contribution in [1.82, 2.24) is 5.32 Å². The molecule has 2 aromatic rings. The molecule has 0 saturated heterocycles. The molecule has 0 saturated carbocycles. The molecular weight excluding hydrogens is 315 g/mol. The zero-order chi connectivity index (χ0) is 16.7. The predicted octanol–water partition coefficient (Wildman–Crippen LogP) is 3.74. The number of nitrogens with one attached hydrogen (secondary N) is 2. The normalized spacial score (nSPS) is 10.0. The van der Waals surface area contributed by atoms with Gasteiger partial charge in [-0.15, -0.1) is 0 Å². The maximum Gasteiger partial charge on any atom is 0.260 e. The first kappa shape index (κ1) is 16.9. The number of anilines is 1. The van der Waals surface area contributed by atoms with Gasteiger partial charge in [0.2, 0.25) is 0 Å². The van der Waals surface area contributed by atoms with Crippen molar-refractivity contribution in [2.75, 3.05) is 11.9 Å². The number of rotatable bonds is 5. The Kier molecular flexibility index (Phi) is 6.05. The van der Waals surface area contributed by atoms with Gasteiger partial charge in [0.15, 0.2) is 5.11 Å². The van der Waals surface area contributed by atoms with Crippen molar-refractivity contribution in [2.24, 2.45) is 0 Å². The molecule has 0 aromatic heterocycles. The first-order chi connectivity index (χ1) is 11.1. The summed E-state index contributed by atoms with van der Waals surface area (Å²) in [7, 11) is 0. The Morgan fingerprint density at radius 2 is 1.87 bits per heavy atom. The lowest BCUT2D eigenvalue weighted by Crippen LogP contribution is -2.34. The summed E-state index contributed by atoms with van der Waals surface area (Å²) >= 11 is 5.06. The number of hydrogen-bond acceptors (Lipinski definition) is 3. The van der Waals surface area contributed by atoms with Crippen LogP contribution in [0.4, 0.5) is 10.1 Å². The van der Waals surface area contributed by atoms with E-state index in [-0.39, 0.29) is 10.7 Å². The van der Waals surface area contributed by atoms with Gasteiger partial charge in [-0.1, -0.05) is 19.1 Å². The second-order valence-corrected chi connectivity index (χ2v) is 5.17. The quantitative estimate of drug-likeness (QED) is 0.819. The lowest BCUT2D eigenvalue weighted by molar-refractivity contribution is 0.0974. The van der Waals surface area contributed by atoms with Gasteiger partial charge in [0.1, 0.15) is 11.6 Å². The molecule has 0 heterocycles. The van der Waals surface area contributed by atoms with E-state index in [1.165, 1.54) is 18.2 Å². The Hall–Kier alpha value is -2.47. The molecule has 120 valence electrons. The van der Waals surface area contributed by atoms with Crippen LogP contribution in [0.3, 0.4) is 0 Å². The molecule has 0 fully saturated rings. The molecule has 0 spiro atoms. The molecule has 23 heavy (non-hydrogen) atoms. The van der Waals surface area contributed by atoms with Crippen LogP contribution in [0.15, 0.2) is 48.5 Å². The van der Waals surface area contributed by atoms with E-state index >= 15 is 0 Å². The zero-order valence-electron chi connectivity index (χ0n) is 12.6. The lowest BCUT2D eigenvalue weighted by Gasteiger charge is -2.11. The summed E-state index contributed by atoms with van der Waals surface area (Å²) in [6.07, 6.45) is 0.937. The van der Waals surface area contributed by atoms with Crippen molar-refractivity contribution < 1.29 is 13.9 Å². The highest BCUT2D eigenvalue weighted by Gasteiger charge is 2.12. The van der Waals surface area contributed by atoms with E-state index in [2.05, 4.69) is 10.6 Å². The van der Waals surface area contributed by atoms with Gasteiger partial charge >= 0.3 is 0 Å². The van der Waals surface area contributed by atoms with Gasteiger partial charge in [-0.05, 0) is 55.0 Å². The van der Waals surface area contributed by atoms with E-state index < -0.39 is 11.7 Å². The Morgan fingerprint density at radius 3 is 2.52 bits per heavy atom. The molecule has 0 radical (unpaired) electrons. The molecule has 0 bridgehead atoms. The summed E-state index contributed by atoms with van der Waals surface area (Å²) in [6.45, 7) is 2.69. The number of thiocarbonyl (C=S) groups is 1. The molecule has 0 unspecified atom stereocenters. The van der Waals surface area contributed by atoms with Gasteiger partial charge in [0.05, 0.1) is 12.2 Å². The predicted molar refractivity (Wildman–Crippen MR) is 92.3 cm³/mol. The van der Waals surface area contributed by atoms with Crippen molar-refractivity contribution >= 4 is 28.9 Å². The zero-order valence-corrected chi connectivity index (χ0v) is 13.5. The van der Waals surface area contributed by atoms with Crippen LogP contribution in [0.1, 0.15) is 23.7 Å². The van der Waals surface area contributed by atoms with Crippen molar-refractivity contribution in [2.45, 2.75) is 13.3 Å². The van der Waals surface area contributed by atoms with Gasteiger partial charge < -0.3 is 10.1 Å². The third kappa shape index (κ3) is 5.03. The highest BCUT2D eigenvalue weighted by molar-refractivity contribution is 7.80. The van der Waals surface area contributed by atoms with Crippen LogP contribution in [-0.2, 0) is 0 Å². The Bertz CT molecular complexity index is 689. The minimum atomic E-state index is -0.594. The number of carbonyl (C=O) groups excluding carboxylic acids is 1. The van der Waals surface area contributed by atoms with Crippen molar-refractivity contribution in [1.29, 1.82) is 0 Å². The molecular formula is C17H17FN2O2S. The van der Waals surface area contributed by atoms with Crippen LogP contribution in [0, 0.1) is 5.82 Å². The first-order valence-corrected chi connectivity index (χ1v) is 7.60. The summed E-state index contributed by atoms with van der Waals surface area (Å²) in [6, 6.07) is 12.9. The minimum Gasteiger partial charge on any atom is -0.494 e. The fraction of sp³-hybridized carbons (Fsp3) is 0.176. The first-order valence-electron chi connectivity index (χ1n) is 7.20. The molecule has 4 nitrogen and oxygen atoms in total. The molecule has 6 heteroatoms. The summed E-state index contributed by atoms with van der Waals surface area (Å²) < 4.78 is 19.0.